The van der Waals surface area contributed by atoms with E-state index in [1.54, 1.807) is 0 Å². The van der Waals surface area contributed by atoms with Gasteiger partial charge < -0.3 is 20.5 Å². The van der Waals surface area contributed by atoms with Crippen LogP contribution in [-0.2, 0) is 11.3 Å². The molecule has 0 aromatic heterocycles. The minimum absolute atomic E-state index is 0.0710. The lowest BCUT2D eigenvalue weighted by molar-refractivity contribution is -0.123. The molecule has 5 heteroatoms. The zero-order chi connectivity index (χ0) is 13.7. The van der Waals surface area contributed by atoms with Gasteiger partial charge >= 0.3 is 0 Å². The number of hydrogen-bond acceptors (Lipinski definition) is 4. The van der Waals surface area contributed by atoms with Crippen LogP contribution in [0.15, 0.2) is 24.3 Å². The monoisotopic (exact) mass is 264 g/mol. The summed E-state index contributed by atoms with van der Waals surface area (Å²) in [6.45, 7) is 3.51. The molecule has 104 valence electrons. The first kappa shape index (κ1) is 13.8. The third-order valence-electron chi connectivity index (χ3n) is 3.10. The first-order valence-electron chi connectivity index (χ1n) is 6.60. The minimum atomic E-state index is -0.419. The SMILES string of the molecule is CCOc1cccc(CNC(=O)[C@H]2C[C@H](O)CN2)c1. The van der Waals surface area contributed by atoms with E-state index >= 15 is 0 Å². The summed E-state index contributed by atoms with van der Waals surface area (Å²) in [6.07, 6.45) is 0.0576. The normalized spacial score (nSPS) is 22.2. The van der Waals surface area contributed by atoms with Gasteiger partial charge in [0.05, 0.1) is 18.8 Å². The number of rotatable bonds is 5. The van der Waals surface area contributed by atoms with Gasteiger partial charge in [0.15, 0.2) is 0 Å². The van der Waals surface area contributed by atoms with Crippen molar-refractivity contribution in [2.75, 3.05) is 13.2 Å². The molecule has 1 saturated heterocycles. The number of aliphatic hydroxyl groups is 1. The van der Waals surface area contributed by atoms with Gasteiger partial charge in [0.2, 0.25) is 5.91 Å². The van der Waals surface area contributed by atoms with Crippen LogP contribution in [0.4, 0.5) is 0 Å². The van der Waals surface area contributed by atoms with Crippen LogP contribution in [0, 0.1) is 0 Å². The van der Waals surface area contributed by atoms with Crippen molar-refractivity contribution in [3.63, 3.8) is 0 Å². The molecule has 1 fully saturated rings. The Morgan fingerprint density at radius 1 is 1.58 bits per heavy atom. The van der Waals surface area contributed by atoms with Gasteiger partial charge in [0, 0.05) is 13.1 Å². The topological polar surface area (TPSA) is 70.6 Å². The van der Waals surface area contributed by atoms with Crippen LogP contribution in [-0.4, -0.2) is 36.3 Å². The summed E-state index contributed by atoms with van der Waals surface area (Å²) in [5, 5.41) is 15.2. The average Bonchev–Trinajstić information content (AvgIpc) is 2.84. The van der Waals surface area contributed by atoms with Crippen molar-refractivity contribution >= 4 is 5.91 Å². The molecule has 0 aliphatic carbocycles. The van der Waals surface area contributed by atoms with Crippen molar-refractivity contribution in [2.45, 2.75) is 32.0 Å². The number of ether oxygens (including phenoxy) is 1. The molecule has 19 heavy (non-hydrogen) atoms. The molecule has 5 nitrogen and oxygen atoms in total. The van der Waals surface area contributed by atoms with E-state index in [0.717, 1.165) is 11.3 Å². The number of carbonyl (C=O) groups is 1. The lowest BCUT2D eigenvalue weighted by atomic mass is 10.1. The van der Waals surface area contributed by atoms with E-state index in [2.05, 4.69) is 10.6 Å². The highest BCUT2D eigenvalue weighted by molar-refractivity contribution is 5.82. The van der Waals surface area contributed by atoms with Crippen molar-refractivity contribution in [3.8, 4) is 5.75 Å². The Bertz CT molecular complexity index is 436. The summed E-state index contributed by atoms with van der Waals surface area (Å²) < 4.78 is 5.41. The number of benzene rings is 1. The average molecular weight is 264 g/mol. The van der Waals surface area contributed by atoms with Crippen LogP contribution in [0.25, 0.3) is 0 Å². The third kappa shape index (κ3) is 3.94. The third-order valence-corrected chi connectivity index (χ3v) is 3.10. The summed E-state index contributed by atoms with van der Waals surface area (Å²) in [5.74, 6) is 0.738. The van der Waals surface area contributed by atoms with Gasteiger partial charge in [0.25, 0.3) is 0 Å². The molecular formula is C14H20N2O3. The van der Waals surface area contributed by atoms with Gasteiger partial charge in [-0.2, -0.15) is 0 Å². The number of nitrogens with one attached hydrogen (secondary N) is 2. The standard InChI is InChI=1S/C14H20N2O3/c1-2-19-12-5-3-4-10(6-12)8-16-14(18)13-7-11(17)9-15-13/h3-6,11,13,15,17H,2,7-9H2,1H3,(H,16,18)/t11-,13+/m0/s1. The summed E-state index contributed by atoms with van der Waals surface area (Å²) in [4.78, 5) is 11.9. The molecule has 0 spiro atoms. The van der Waals surface area contributed by atoms with Gasteiger partial charge in [0.1, 0.15) is 5.75 Å². The number of β-amino-alcohol motifs (C(OH)–C–C–N with tert-alkyl or cyclic N) is 1. The number of aliphatic hydroxyl groups excluding tert-OH is 1. The Balaban J connectivity index is 1.84. The largest absolute Gasteiger partial charge is 0.494 e. The van der Waals surface area contributed by atoms with Gasteiger partial charge in [-0.25, -0.2) is 0 Å². The van der Waals surface area contributed by atoms with Crippen LogP contribution < -0.4 is 15.4 Å². The number of hydrogen-bond donors (Lipinski definition) is 3. The van der Waals surface area contributed by atoms with E-state index in [0.29, 0.717) is 26.1 Å². The first-order valence-corrected chi connectivity index (χ1v) is 6.60. The highest BCUT2D eigenvalue weighted by Crippen LogP contribution is 2.13. The van der Waals surface area contributed by atoms with Gasteiger partial charge in [-0.1, -0.05) is 12.1 Å². The quantitative estimate of drug-likeness (QED) is 0.721. The Labute approximate surface area is 113 Å². The number of amides is 1. The van der Waals surface area contributed by atoms with E-state index in [9.17, 15) is 9.90 Å². The van der Waals surface area contributed by atoms with Crippen LogP contribution in [0.3, 0.4) is 0 Å². The van der Waals surface area contributed by atoms with E-state index in [1.165, 1.54) is 0 Å². The highest BCUT2D eigenvalue weighted by Gasteiger charge is 2.27. The Morgan fingerprint density at radius 3 is 3.11 bits per heavy atom. The van der Waals surface area contributed by atoms with E-state index in [-0.39, 0.29) is 11.9 Å². The molecule has 1 aliphatic heterocycles. The molecular weight excluding hydrogens is 244 g/mol. The number of carbonyl (C=O) groups excluding carboxylic acids is 1. The maximum atomic E-state index is 11.9. The Hall–Kier alpha value is -1.59. The molecule has 1 aromatic carbocycles. The molecule has 2 atom stereocenters. The van der Waals surface area contributed by atoms with Crippen LogP contribution >= 0.6 is 0 Å². The molecule has 1 aliphatic rings. The molecule has 0 unspecified atom stereocenters. The zero-order valence-electron chi connectivity index (χ0n) is 11.1. The summed E-state index contributed by atoms with van der Waals surface area (Å²) >= 11 is 0. The predicted octanol–water partition coefficient (Wildman–Crippen LogP) is 0.424. The maximum absolute atomic E-state index is 11.9. The second-order valence-electron chi connectivity index (χ2n) is 4.65. The van der Waals surface area contributed by atoms with Crippen molar-refractivity contribution in [1.82, 2.24) is 10.6 Å². The second kappa shape index (κ2) is 6.54. The van der Waals surface area contributed by atoms with E-state index in [1.807, 2.05) is 31.2 Å². The maximum Gasteiger partial charge on any atom is 0.237 e. The predicted molar refractivity (Wildman–Crippen MR) is 71.9 cm³/mol. The fourth-order valence-electron chi connectivity index (χ4n) is 2.14. The van der Waals surface area contributed by atoms with Gasteiger partial charge in [-0.05, 0) is 31.0 Å². The summed E-state index contributed by atoms with van der Waals surface area (Å²) in [5.41, 5.74) is 0.998. The summed E-state index contributed by atoms with van der Waals surface area (Å²) in [6, 6.07) is 7.37. The Morgan fingerprint density at radius 2 is 2.42 bits per heavy atom. The fraction of sp³-hybridized carbons (Fsp3) is 0.500. The molecule has 1 heterocycles. The van der Waals surface area contributed by atoms with Gasteiger partial charge in [-0.15, -0.1) is 0 Å². The molecule has 3 N–H and O–H groups in total. The first-order chi connectivity index (χ1) is 9.19. The fourth-order valence-corrected chi connectivity index (χ4v) is 2.14. The highest BCUT2D eigenvalue weighted by atomic mass is 16.5. The smallest absolute Gasteiger partial charge is 0.237 e. The molecule has 0 bridgehead atoms. The van der Waals surface area contributed by atoms with Crippen molar-refractivity contribution < 1.29 is 14.6 Å². The zero-order valence-corrected chi connectivity index (χ0v) is 11.1. The van der Waals surface area contributed by atoms with Crippen molar-refractivity contribution in [2.24, 2.45) is 0 Å². The van der Waals surface area contributed by atoms with E-state index in [4.69, 9.17) is 4.74 Å². The lowest BCUT2D eigenvalue weighted by Crippen LogP contribution is -2.39. The van der Waals surface area contributed by atoms with Crippen molar-refractivity contribution in [1.29, 1.82) is 0 Å². The molecule has 1 aromatic rings. The molecule has 0 saturated carbocycles. The second-order valence-corrected chi connectivity index (χ2v) is 4.65. The van der Waals surface area contributed by atoms with Crippen molar-refractivity contribution in [3.05, 3.63) is 29.8 Å². The van der Waals surface area contributed by atoms with E-state index < -0.39 is 6.10 Å². The van der Waals surface area contributed by atoms with Crippen LogP contribution in [0.5, 0.6) is 5.75 Å². The Kier molecular flexibility index (Phi) is 4.76. The molecule has 0 radical (unpaired) electrons. The minimum Gasteiger partial charge on any atom is -0.494 e. The summed E-state index contributed by atoms with van der Waals surface area (Å²) in [7, 11) is 0. The molecule has 2 rings (SSSR count). The molecule has 1 amide bonds. The van der Waals surface area contributed by atoms with Crippen LogP contribution in [0.1, 0.15) is 18.9 Å². The lowest BCUT2D eigenvalue weighted by Gasteiger charge is -2.11. The van der Waals surface area contributed by atoms with Crippen LogP contribution in [0.2, 0.25) is 0 Å². The van der Waals surface area contributed by atoms with Gasteiger partial charge in [-0.3, -0.25) is 4.79 Å².